The molecular weight excluding hydrogens is 466 g/mol. The van der Waals surface area contributed by atoms with Crippen molar-refractivity contribution >= 4 is 33.3 Å². The van der Waals surface area contributed by atoms with Crippen LogP contribution in [-0.4, -0.2) is 29.3 Å². The van der Waals surface area contributed by atoms with E-state index in [2.05, 4.69) is 10.2 Å². The van der Waals surface area contributed by atoms with Crippen molar-refractivity contribution in [1.29, 1.82) is 0 Å². The van der Waals surface area contributed by atoms with Gasteiger partial charge in [-0.2, -0.15) is 0 Å². The lowest BCUT2D eigenvalue weighted by Crippen LogP contribution is -2.29. The van der Waals surface area contributed by atoms with E-state index in [0.29, 0.717) is 51.4 Å². The lowest BCUT2D eigenvalue weighted by Gasteiger charge is -2.23. The second kappa shape index (κ2) is 8.81. The van der Waals surface area contributed by atoms with Crippen molar-refractivity contribution in [3.05, 3.63) is 73.6 Å². The van der Waals surface area contributed by atoms with E-state index in [-0.39, 0.29) is 16.8 Å². The van der Waals surface area contributed by atoms with E-state index >= 15 is 0 Å². The highest BCUT2D eigenvalue weighted by Crippen LogP contribution is 2.44. The number of aryl methyl sites for hydroxylation is 3. The highest BCUT2D eigenvalue weighted by molar-refractivity contribution is 7.15. The number of nitrogens with zero attached hydrogens (tertiary/aromatic N) is 3. The van der Waals surface area contributed by atoms with Gasteiger partial charge in [-0.15, -0.1) is 10.2 Å². The van der Waals surface area contributed by atoms with Gasteiger partial charge in [-0.05, 0) is 75.6 Å². The van der Waals surface area contributed by atoms with Gasteiger partial charge in [0, 0.05) is 0 Å². The molecule has 0 bridgehead atoms. The molecule has 5 rings (SSSR count). The minimum atomic E-state index is -0.748. The first-order valence-electron chi connectivity index (χ1n) is 11.4. The Morgan fingerprint density at radius 3 is 2.37 bits per heavy atom. The zero-order chi connectivity index (χ0) is 24.9. The molecule has 0 radical (unpaired) electrons. The summed E-state index contributed by atoms with van der Waals surface area (Å²) in [7, 11) is 0. The fraction of sp³-hybridized carbons (Fsp3) is 0.308. The Labute approximate surface area is 206 Å². The third-order valence-electron chi connectivity index (χ3n) is 6.09. The molecule has 0 aliphatic carbocycles. The summed E-state index contributed by atoms with van der Waals surface area (Å²) in [4.78, 5) is 29.0. The summed E-state index contributed by atoms with van der Waals surface area (Å²) in [5.41, 5.74) is 3.07. The SMILES string of the molecule is CCOc1ccc(C2c3c(oc4cc(C)c(C)cc4c3=O)C(=O)N2c2nnc(C)s2)cc1OCC. The van der Waals surface area contributed by atoms with Crippen LogP contribution < -0.4 is 19.8 Å². The van der Waals surface area contributed by atoms with E-state index in [4.69, 9.17) is 13.9 Å². The number of hydrogen-bond acceptors (Lipinski definition) is 8. The fourth-order valence-corrected chi connectivity index (χ4v) is 5.08. The minimum Gasteiger partial charge on any atom is -0.490 e. The van der Waals surface area contributed by atoms with Crippen LogP contribution in [0.2, 0.25) is 0 Å². The van der Waals surface area contributed by atoms with Crippen LogP contribution in [0.1, 0.15) is 57.7 Å². The monoisotopic (exact) mass is 491 g/mol. The van der Waals surface area contributed by atoms with Gasteiger partial charge < -0.3 is 13.9 Å². The maximum atomic E-state index is 13.8. The summed E-state index contributed by atoms with van der Waals surface area (Å²) in [6, 6.07) is 8.32. The van der Waals surface area contributed by atoms with Crippen LogP contribution in [0, 0.1) is 20.8 Å². The van der Waals surface area contributed by atoms with Gasteiger partial charge in [0.2, 0.25) is 10.9 Å². The number of ether oxygens (including phenoxy) is 2. The molecule has 1 aliphatic heterocycles. The first kappa shape index (κ1) is 23.0. The zero-order valence-corrected chi connectivity index (χ0v) is 21.0. The summed E-state index contributed by atoms with van der Waals surface area (Å²) < 4.78 is 17.6. The van der Waals surface area contributed by atoms with Crippen molar-refractivity contribution in [2.24, 2.45) is 0 Å². The van der Waals surface area contributed by atoms with Gasteiger partial charge in [-0.3, -0.25) is 14.5 Å². The quantitative estimate of drug-likeness (QED) is 0.370. The maximum Gasteiger partial charge on any atom is 0.297 e. The third-order valence-corrected chi connectivity index (χ3v) is 6.93. The average Bonchev–Trinajstić information content (AvgIpc) is 3.38. The number of carbonyl (C=O) groups is 1. The largest absolute Gasteiger partial charge is 0.490 e. The van der Waals surface area contributed by atoms with E-state index in [1.807, 2.05) is 52.8 Å². The first-order chi connectivity index (χ1) is 16.8. The van der Waals surface area contributed by atoms with E-state index < -0.39 is 11.9 Å². The van der Waals surface area contributed by atoms with Crippen molar-refractivity contribution in [3.63, 3.8) is 0 Å². The van der Waals surface area contributed by atoms with Crippen molar-refractivity contribution < 1.29 is 18.7 Å². The van der Waals surface area contributed by atoms with E-state index in [9.17, 15) is 9.59 Å². The Morgan fingerprint density at radius 2 is 1.69 bits per heavy atom. The van der Waals surface area contributed by atoms with E-state index in [1.165, 1.54) is 16.2 Å². The molecule has 0 saturated heterocycles. The Morgan fingerprint density at radius 1 is 0.971 bits per heavy atom. The second-order valence-electron chi connectivity index (χ2n) is 8.36. The molecular formula is C26H25N3O5S. The van der Waals surface area contributed by atoms with Gasteiger partial charge in [0.05, 0.1) is 30.2 Å². The lowest BCUT2D eigenvalue weighted by molar-refractivity contribution is 0.0970. The van der Waals surface area contributed by atoms with E-state index in [0.717, 1.165) is 11.1 Å². The smallest absolute Gasteiger partial charge is 0.297 e. The molecule has 1 amide bonds. The summed E-state index contributed by atoms with van der Waals surface area (Å²) in [5, 5.41) is 9.85. The van der Waals surface area contributed by atoms with E-state index in [1.54, 1.807) is 12.1 Å². The van der Waals surface area contributed by atoms with Crippen molar-refractivity contribution in [2.75, 3.05) is 18.1 Å². The standard InChI is InChI=1S/C26H25N3O5S/c1-6-32-18-9-8-16(12-20(18)33-7-2)22-21-23(30)17-10-13(3)14(4)11-19(17)34-24(21)25(31)29(22)26-28-27-15(5)35-26/h8-12,22H,6-7H2,1-5H3. The van der Waals surface area contributed by atoms with Gasteiger partial charge in [0.1, 0.15) is 10.6 Å². The average molecular weight is 492 g/mol. The number of anilines is 1. The van der Waals surface area contributed by atoms with Gasteiger partial charge in [0.25, 0.3) is 5.91 Å². The number of aromatic nitrogens is 2. The van der Waals surface area contributed by atoms with Gasteiger partial charge in [-0.25, -0.2) is 0 Å². The van der Waals surface area contributed by atoms with Crippen LogP contribution in [-0.2, 0) is 0 Å². The molecule has 35 heavy (non-hydrogen) atoms. The predicted molar refractivity (Wildman–Crippen MR) is 134 cm³/mol. The van der Waals surface area contributed by atoms with Gasteiger partial charge >= 0.3 is 0 Å². The molecule has 8 nitrogen and oxygen atoms in total. The normalized spacial score (nSPS) is 15.1. The molecule has 1 aliphatic rings. The molecule has 0 fully saturated rings. The molecule has 1 unspecified atom stereocenters. The molecule has 0 spiro atoms. The molecule has 180 valence electrons. The number of carbonyl (C=O) groups excluding carboxylic acids is 1. The van der Waals surface area contributed by atoms with Crippen molar-refractivity contribution in [2.45, 2.75) is 40.7 Å². The van der Waals surface area contributed by atoms with Gasteiger partial charge in [-0.1, -0.05) is 17.4 Å². The van der Waals surface area contributed by atoms with Crippen LogP contribution in [0.4, 0.5) is 5.13 Å². The second-order valence-corrected chi connectivity index (χ2v) is 9.52. The Bertz CT molecular complexity index is 1520. The first-order valence-corrected chi connectivity index (χ1v) is 12.3. The lowest BCUT2D eigenvalue weighted by atomic mass is 9.97. The molecule has 0 saturated carbocycles. The highest BCUT2D eigenvalue weighted by Gasteiger charge is 2.45. The number of benzene rings is 2. The molecule has 0 N–H and O–H groups in total. The predicted octanol–water partition coefficient (Wildman–Crippen LogP) is 5.12. The summed E-state index contributed by atoms with van der Waals surface area (Å²) in [6.45, 7) is 10.4. The number of fused-ring (bicyclic) bond motifs is 2. The third kappa shape index (κ3) is 3.76. The van der Waals surface area contributed by atoms with Crippen LogP contribution in [0.5, 0.6) is 11.5 Å². The van der Waals surface area contributed by atoms with Gasteiger partial charge in [0.15, 0.2) is 16.9 Å². The molecule has 9 heteroatoms. The number of hydrogen-bond donors (Lipinski definition) is 0. The summed E-state index contributed by atoms with van der Waals surface area (Å²) in [6.07, 6.45) is 0. The maximum absolute atomic E-state index is 13.8. The Balaban J connectivity index is 1.78. The van der Waals surface area contributed by atoms with Crippen molar-refractivity contribution in [3.8, 4) is 11.5 Å². The van der Waals surface area contributed by atoms with Crippen LogP contribution >= 0.6 is 11.3 Å². The molecule has 2 aromatic heterocycles. The Hall–Kier alpha value is -3.72. The Kier molecular flexibility index (Phi) is 5.80. The van der Waals surface area contributed by atoms with Crippen LogP contribution in [0.15, 0.2) is 39.5 Å². The number of rotatable bonds is 6. The van der Waals surface area contributed by atoms with Crippen molar-refractivity contribution in [1.82, 2.24) is 10.2 Å². The fourth-order valence-electron chi connectivity index (χ4n) is 4.36. The topological polar surface area (TPSA) is 94.8 Å². The summed E-state index contributed by atoms with van der Waals surface area (Å²) in [5.74, 6) is 0.732. The minimum absolute atomic E-state index is 0.0236. The number of amides is 1. The van der Waals surface area contributed by atoms with Crippen LogP contribution in [0.3, 0.4) is 0 Å². The van der Waals surface area contributed by atoms with Crippen LogP contribution in [0.25, 0.3) is 11.0 Å². The molecule has 4 aromatic rings. The molecule has 1 atom stereocenters. The highest BCUT2D eigenvalue weighted by atomic mass is 32.1. The molecule has 2 aromatic carbocycles. The zero-order valence-electron chi connectivity index (χ0n) is 20.2. The summed E-state index contributed by atoms with van der Waals surface area (Å²) >= 11 is 1.28. The molecule has 3 heterocycles.